The van der Waals surface area contributed by atoms with Gasteiger partial charge in [-0.1, -0.05) is 39.3 Å². The monoisotopic (exact) mass is 592 g/mol. The molecule has 9 heteroatoms. The molecule has 3 saturated heterocycles. The first kappa shape index (κ1) is 30.1. The van der Waals surface area contributed by atoms with Gasteiger partial charge in [0.15, 0.2) is 12.1 Å². The zero-order chi connectivity index (χ0) is 29.8. The number of fused-ring (bicyclic) bond motifs is 7. The number of aliphatic hydroxyl groups excluding tert-OH is 5. The maximum Gasteiger partial charge on any atom is 0.184 e. The molecule has 3 saturated carbocycles. The number of ether oxygens (including phenoxy) is 4. The molecule has 0 aromatic rings. The normalized spacial score (nSPS) is 59.0. The lowest BCUT2D eigenvalue weighted by Gasteiger charge is -2.60. The molecule has 0 amide bonds. The van der Waals surface area contributed by atoms with Gasteiger partial charge in [-0.2, -0.15) is 0 Å². The molecule has 7 rings (SSSR count). The summed E-state index contributed by atoms with van der Waals surface area (Å²) in [5.41, 5.74) is 1.06. The fourth-order valence-electron chi connectivity index (χ4n) is 11.3. The van der Waals surface area contributed by atoms with Crippen molar-refractivity contribution >= 4 is 0 Å². The van der Waals surface area contributed by atoms with Crippen LogP contribution in [0.4, 0.5) is 0 Å². The van der Waals surface area contributed by atoms with Gasteiger partial charge >= 0.3 is 0 Å². The molecule has 9 nitrogen and oxygen atoms in total. The Morgan fingerprint density at radius 2 is 1.79 bits per heavy atom. The highest BCUT2D eigenvalue weighted by atomic mass is 16.7. The van der Waals surface area contributed by atoms with E-state index in [1.165, 1.54) is 5.57 Å². The van der Waals surface area contributed by atoms with Crippen molar-refractivity contribution in [1.29, 1.82) is 0 Å². The van der Waals surface area contributed by atoms with E-state index in [4.69, 9.17) is 18.9 Å². The van der Waals surface area contributed by atoms with Crippen LogP contribution in [0.5, 0.6) is 0 Å². The number of hydrogen-bond acceptors (Lipinski definition) is 9. The summed E-state index contributed by atoms with van der Waals surface area (Å²) < 4.78 is 24.7. The number of allylic oxidation sites excluding steroid dienone is 1. The van der Waals surface area contributed by atoms with Crippen LogP contribution in [0.25, 0.3) is 0 Å². The Bertz CT molecular complexity index is 1060. The second kappa shape index (κ2) is 10.5. The summed E-state index contributed by atoms with van der Waals surface area (Å²) >= 11 is 0. The zero-order valence-electron chi connectivity index (χ0n) is 25.6. The van der Waals surface area contributed by atoms with Gasteiger partial charge in [-0.05, 0) is 73.5 Å². The maximum absolute atomic E-state index is 11.8. The predicted molar refractivity (Wildman–Crippen MR) is 152 cm³/mol. The summed E-state index contributed by atoms with van der Waals surface area (Å²) in [6.45, 7) is 9.69. The lowest BCUT2D eigenvalue weighted by Crippen LogP contribution is -2.61. The standard InChI is InChI=1S/C33H52O9/c1-16-7-10-33(39-15-16)17(2)26-23(42-33)13-22-20-6-5-18-11-19(40-29-27(36)24(14-34)41-30(38)28(29)37)12-25(35)32(18,4)21(20)8-9-31(22,26)3/h5,16-17,19-30,34-38H,6-15H2,1-4H3/t16-,17+,19+,20-,21-,22+,23+,24-,25-,26+,27-,28-,29-,30+,31+,32+,33-/m1/s1. The van der Waals surface area contributed by atoms with Crippen molar-refractivity contribution in [2.75, 3.05) is 13.2 Å². The predicted octanol–water partition coefficient (Wildman–Crippen LogP) is 2.51. The van der Waals surface area contributed by atoms with Crippen LogP contribution in [0, 0.1) is 46.3 Å². The van der Waals surface area contributed by atoms with Crippen molar-refractivity contribution < 1.29 is 44.5 Å². The first-order valence-electron chi connectivity index (χ1n) is 16.6. The minimum atomic E-state index is -1.55. The molecule has 0 unspecified atom stereocenters. The van der Waals surface area contributed by atoms with E-state index < -0.39 is 55.3 Å². The number of rotatable bonds is 3. The van der Waals surface area contributed by atoms with Gasteiger partial charge in [0.2, 0.25) is 0 Å². The molecule has 3 heterocycles. The summed E-state index contributed by atoms with van der Waals surface area (Å²) in [5.74, 6) is 2.48. The third-order valence-corrected chi connectivity index (χ3v) is 13.6. The van der Waals surface area contributed by atoms with E-state index in [9.17, 15) is 25.5 Å². The molecule has 0 aromatic heterocycles. The summed E-state index contributed by atoms with van der Waals surface area (Å²) in [6, 6.07) is 0. The largest absolute Gasteiger partial charge is 0.394 e. The van der Waals surface area contributed by atoms with Gasteiger partial charge in [0.05, 0.1) is 31.5 Å². The van der Waals surface area contributed by atoms with E-state index in [-0.39, 0.29) is 16.9 Å². The second-order valence-electron chi connectivity index (χ2n) is 15.5. The van der Waals surface area contributed by atoms with Crippen LogP contribution < -0.4 is 0 Å². The van der Waals surface area contributed by atoms with Crippen LogP contribution in [-0.4, -0.2) is 93.6 Å². The van der Waals surface area contributed by atoms with E-state index in [1.807, 2.05) is 0 Å². The minimum Gasteiger partial charge on any atom is -0.394 e. The van der Waals surface area contributed by atoms with Gasteiger partial charge in [-0.3, -0.25) is 0 Å². The summed E-state index contributed by atoms with van der Waals surface area (Å²) in [5, 5.41) is 52.6. The lowest BCUT2D eigenvalue weighted by molar-refractivity contribution is -0.302. The Hall–Kier alpha value is -0.620. The quantitative estimate of drug-likeness (QED) is 0.313. The number of aliphatic hydroxyl groups is 5. The average molecular weight is 593 g/mol. The highest BCUT2D eigenvalue weighted by molar-refractivity contribution is 5.28. The molecule has 1 spiro atoms. The first-order valence-corrected chi connectivity index (χ1v) is 16.6. The Balaban J connectivity index is 1.09. The molecular weight excluding hydrogens is 540 g/mol. The summed E-state index contributed by atoms with van der Waals surface area (Å²) in [4.78, 5) is 0. The molecule has 238 valence electrons. The van der Waals surface area contributed by atoms with Gasteiger partial charge in [-0.25, -0.2) is 0 Å². The molecule has 0 bridgehead atoms. The molecule has 6 fully saturated rings. The third kappa shape index (κ3) is 4.21. The topological polar surface area (TPSA) is 138 Å². The minimum absolute atomic E-state index is 0.202. The van der Waals surface area contributed by atoms with Crippen molar-refractivity contribution in [2.24, 2.45) is 46.3 Å². The average Bonchev–Trinajstić information content (AvgIpc) is 3.41. The van der Waals surface area contributed by atoms with Gasteiger partial charge in [0, 0.05) is 24.2 Å². The van der Waals surface area contributed by atoms with E-state index in [0.717, 1.165) is 45.1 Å². The van der Waals surface area contributed by atoms with Crippen LogP contribution >= 0.6 is 0 Å². The third-order valence-electron chi connectivity index (χ3n) is 13.6. The molecule has 0 radical (unpaired) electrons. The highest BCUT2D eigenvalue weighted by Crippen LogP contribution is 2.70. The molecule has 5 N–H and O–H groups in total. The van der Waals surface area contributed by atoms with E-state index in [2.05, 4.69) is 33.8 Å². The van der Waals surface area contributed by atoms with Crippen LogP contribution in [-0.2, 0) is 18.9 Å². The van der Waals surface area contributed by atoms with Crippen molar-refractivity contribution in [2.45, 2.75) is 134 Å². The first-order chi connectivity index (χ1) is 19.9. The van der Waals surface area contributed by atoms with E-state index in [0.29, 0.717) is 48.3 Å². The molecule has 4 aliphatic carbocycles. The Morgan fingerprint density at radius 3 is 2.50 bits per heavy atom. The van der Waals surface area contributed by atoms with E-state index in [1.54, 1.807) is 0 Å². The van der Waals surface area contributed by atoms with Crippen molar-refractivity contribution in [3.8, 4) is 0 Å². The lowest BCUT2D eigenvalue weighted by atomic mass is 9.46. The van der Waals surface area contributed by atoms with Gasteiger partial charge in [-0.15, -0.1) is 0 Å². The maximum atomic E-state index is 11.8. The summed E-state index contributed by atoms with van der Waals surface area (Å²) in [7, 11) is 0. The highest BCUT2D eigenvalue weighted by Gasteiger charge is 2.69. The van der Waals surface area contributed by atoms with Crippen molar-refractivity contribution in [3.63, 3.8) is 0 Å². The smallest absolute Gasteiger partial charge is 0.184 e. The van der Waals surface area contributed by atoms with Crippen LogP contribution in [0.3, 0.4) is 0 Å². The Morgan fingerprint density at radius 1 is 1.00 bits per heavy atom. The van der Waals surface area contributed by atoms with E-state index >= 15 is 0 Å². The van der Waals surface area contributed by atoms with Gasteiger partial charge < -0.3 is 44.5 Å². The molecular formula is C33H52O9. The molecule has 42 heavy (non-hydrogen) atoms. The molecule has 7 aliphatic rings. The van der Waals surface area contributed by atoms with Gasteiger partial charge in [0.1, 0.15) is 24.4 Å². The zero-order valence-corrected chi connectivity index (χ0v) is 25.6. The van der Waals surface area contributed by atoms with Crippen molar-refractivity contribution in [3.05, 3.63) is 11.6 Å². The Labute approximate surface area is 249 Å². The van der Waals surface area contributed by atoms with Crippen LogP contribution in [0.1, 0.15) is 79.1 Å². The van der Waals surface area contributed by atoms with Crippen molar-refractivity contribution in [1.82, 2.24) is 0 Å². The fraction of sp³-hybridized carbons (Fsp3) is 0.939. The van der Waals surface area contributed by atoms with Gasteiger partial charge in [0.25, 0.3) is 0 Å². The van der Waals surface area contributed by atoms with Crippen LogP contribution in [0.2, 0.25) is 0 Å². The Kier molecular flexibility index (Phi) is 7.48. The molecule has 3 aliphatic heterocycles. The molecule has 17 atom stereocenters. The summed E-state index contributed by atoms with van der Waals surface area (Å²) in [6.07, 6.45) is 2.54. The fourth-order valence-corrected chi connectivity index (χ4v) is 11.3. The second-order valence-corrected chi connectivity index (χ2v) is 15.5. The molecule has 0 aromatic carbocycles. The SMILES string of the molecule is C[C@@H]1CC[C@@]2(OC1)O[C@H]1C[C@H]3[C@@H]4CC=C5C[C@H](O[C@H]6[C@@H](O)[C@@H](O)O[C@H](CO)[C@H]6O)C[C@@H](O)[C@]5(C)[C@@H]4CC[C@]3(C)[C@H]1[C@@H]2C. The van der Waals surface area contributed by atoms with Crippen LogP contribution in [0.15, 0.2) is 11.6 Å². The number of hydrogen-bond donors (Lipinski definition) is 5.